The van der Waals surface area contributed by atoms with Gasteiger partial charge in [-0.2, -0.15) is 18.3 Å². The molecule has 2 aromatic carbocycles. The van der Waals surface area contributed by atoms with E-state index in [1.807, 2.05) is 0 Å². The summed E-state index contributed by atoms with van der Waals surface area (Å²) in [4.78, 5) is 14.7. The first-order chi connectivity index (χ1) is 15.8. The molecule has 33 heavy (non-hydrogen) atoms. The van der Waals surface area contributed by atoms with Crippen LogP contribution in [-0.4, -0.2) is 60.0 Å². The van der Waals surface area contributed by atoms with E-state index in [0.717, 1.165) is 25.7 Å². The van der Waals surface area contributed by atoms with Crippen LogP contribution in [0.5, 0.6) is 0 Å². The number of nitrogens with one attached hydrogen (secondary N) is 1. The summed E-state index contributed by atoms with van der Waals surface area (Å²) in [6.45, 7) is 4.28. The number of para-hydroxylation sites is 1. The fourth-order valence-electron chi connectivity index (χ4n) is 3.58. The van der Waals surface area contributed by atoms with E-state index < -0.39 is 11.9 Å². The molecule has 1 aliphatic heterocycles. The fraction of sp³-hybridized carbons (Fsp3) is 0.304. The summed E-state index contributed by atoms with van der Waals surface area (Å²) in [5.74, 6) is -0.245. The maximum Gasteiger partial charge on any atom is 0.435 e. The molecule has 3 aromatic rings. The van der Waals surface area contributed by atoms with E-state index in [-0.39, 0.29) is 16.6 Å². The second-order valence-electron chi connectivity index (χ2n) is 7.56. The van der Waals surface area contributed by atoms with Crippen molar-refractivity contribution >= 4 is 17.5 Å². The molecule has 10 heteroatoms. The first-order valence-electron chi connectivity index (χ1n) is 10.4. The van der Waals surface area contributed by atoms with Gasteiger partial charge in [0.05, 0.1) is 29.6 Å². The number of hydrogen-bond acceptors (Lipinski definition) is 4. The Balaban J connectivity index is 1.52. The Hall–Kier alpha value is -2.88. The van der Waals surface area contributed by atoms with Gasteiger partial charge in [-0.25, -0.2) is 4.68 Å². The van der Waals surface area contributed by atoms with Gasteiger partial charge in [-0.1, -0.05) is 35.9 Å². The summed E-state index contributed by atoms with van der Waals surface area (Å²) in [5, 5.41) is 6.88. The summed E-state index contributed by atoms with van der Waals surface area (Å²) >= 11 is 6.21. The second kappa shape index (κ2) is 9.94. The average molecular weight is 479 g/mol. The Morgan fingerprint density at radius 1 is 1.09 bits per heavy atom. The summed E-state index contributed by atoms with van der Waals surface area (Å²) in [6.07, 6.45) is -4.61. The van der Waals surface area contributed by atoms with Gasteiger partial charge in [0.2, 0.25) is 0 Å². The summed E-state index contributed by atoms with van der Waals surface area (Å²) in [5.41, 5.74) is 0.412. The molecule has 0 saturated carbocycles. The van der Waals surface area contributed by atoms with Crippen LogP contribution in [0.25, 0.3) is 16.9 Å². The summed E-state index contributed by atoms with van der Waals surface area (Å²) < 4.78 is 46.6. The topological polar surface area (TPSA) is 59.4 Å². The Kier molecular flexibility index (Phi) is 7.02. The lowest BCUT2D eigenvalue weighted by molar-refractivity contribution is -0.141. The molecule has 0 bridgehead atoms. The van der Waals surface area contributed by atoms with Crippen molar-refractivity contribution in [2.24, 2.45) is 0 Å². The van der Waals surface area contributed by atoms with Crippen molar-refractivity contribution in [3.63, 3.8) is 0 Å². The van der Waals surface area contributed by atoms with Crippen molar-refractivity contribution in [3.05, 3.63) is 70.9 Å². The summed E-state index contributed by atoms with van der Waals surface area (Å²) in [6, 6.07) is 13.9. The molecule has 1 saturated heterocycles. The molecule has 0 atom stereocenters. The van der Waals surface area contributed by atoms with Gasteiger partial charge >= 0.3 is 6.18 Å². The molecule has 1 fully saturated rings. The number of carbonyl (C=O) groups is 1. The molecule has 1 aromatic heterocycles. The van der Waals surface area contributed by atoms with Crippen LogP contribution >= 0.6 is 11.6 Å². The number of nitrogens with zero attached hydrogens (tertiary/aromatic N) is 3. The van der Waals surface area contributed by atoms with Gasteiger partial charge in [0.25, 0.3) is 5.91 Å². The minimum Gasteiger partial charge on any atom is -0.379 e. The van der Waals surface area contributed by atoms with Crippen LogP contribution in [-0.2, 0) is 10.9 Å². The highest BCUT2D eigenvalue weighted by Crippen LogP contribution is 2.34. The van der Waals surface area contributed by atoms with Gasteiger partial charge in [0.1, 0.15) is 0 Å². The molecule has 0 spiro atoms. The lowest BCUT2D eigenvalue weighted by atomic mass is 10.1. The number of ether oxygens (including phenoxy) is 1. The molecule has 0 unspecified atom stereocenters. The van der Waals surface area contributed by atoms with E-state index in [9.17, 15) is 18.0 Å². The van der Waals surface area contributed by atoms with Crippen molar-refractivity contribution < 1.29 is 22.7 Å². The Morgan fingerprint density at radius 3 is 2.45 bits per heavy atom. The van der Waals surface area contributed by atoms with Crippen LogP contribution in [0, 0.1) is 0 Å². The number of alkyl halides is 3. The highest BCUT2D eigenvalue weighted by Gasteiger charge is 2.35. The van der Waals surface area contributed by atoms with Gasteiger partial charge in [0.15, 0.2) is 5.69 Å². The molecule has 0 radical (unpaired) electrons. The summed E-state index contributed by atoms with van der Waals surface area (Å²) in [7, 11) is 0. The molecule has 1 amide bonds. The van der Waals surface area contributed by atoms with Crippen LogP contribution in [0.15, 0.2) is 54.6 Å². The van der Waals surface area contributed by atoms with Gasteiger partial charge in [-0.15, -0.1) is 0 Å². The van der Waals surface area contributed by atoms with E-state index >= 15 is 0 Å². The third kappa shape index (κ3) is 5.55. The van der Waals surface area contributed by atoms with Crippen LogP contribution in [0.2, 0.25) is 5.02 Å². The van der Waals surface area contributed by atoms with Crippen molar-refractivity contribution in [1.82, 2.24) is 20.0 Å². The van der Waals surface area contributed by atoms with Gasteiger partial charge in [0, 0.05) is 37.3 Å². The number of rotatable bonds is 6. The third-order valence-electron chi connectivity index (χ3n) is 5.34. The monoisotopic (exact) mass is 478 g/mol. The number of aromatic nitrogens is 2. The normalized spacial score (nSPS) is 14.9. The number of halogens is 4. The van der Waals surface area contributed by atoms with Crippen LogP contribution < -0.4 is 5.32 Å². The Labute approximate surface area is 193 Å². The maximum atomic E-state index is 13.4. The lowest BCUT2D eigenvalue weighted by Gasteiger charge is -2.26. The number of carbonyl (C=O) groups excluding carboxylic acids is 1. The predicted octanol–water partition coefficient (Wildman–Crippen LogP) is 4.27. The van der Waals surface area contributed by atoms with E-state index in [1.54, 1.807) is 48.5 Å². The SMILES string of the molecule is O=C(NCCN1CCOCC1)c1ccc(-c2cc(C(F)(F)F)nn2-c2ccccc2Cl)cc1. The zero-order valence-corrected chi connectivity index (χ0v) is 18.4. The molecular formula is C23H22ClF3N4O2. The van der Waals surface area contributed by atoms with Crippen molar-refractivity contribution in [2.75, 3.05) is 39.4 Å². The van der Waals surface area contributed by atoms with Crippen LogP contribution in [0.4, 0.5) is 13.2 Å². The zero-order valence-electron chi connectivity index (χ0n) is 17.6. The molecule has 174 valence electrons. The largest absolute Gasteiger partial charge is 0.435 e. The van der Waals surface area contributed by atoms with Crippen molar-refractivity contribution in [2.45, 2.75) is 6.18 Å². The minimum atomic E-state index is -4.61. The van der Waals surface area contributed by atoms with E-state index in [4.69, 9.17) is 16.3 Å². The molecule has 2 heterocycles. The molecule has 1 aliphatic rings. The minimum absolute atomic E-state index is 0.217. The molecule has 6 nitrogen and oxygen atoms in total. The van der Waals surface area contributed by atoms with E-state index in [1.165, 1.54) is 4.68 Å². The first kappa shape index (κ1) is 23.3. The Bertz CT molecular complexity index is 1110. The van der Waals surface area contributed by atoms with Gasteiger partial charge in [-0.3, -0.25) is 9.69 Å². The molecule has 4 rings (SSSR count). The maximum absolute atomic E-state index is 13.4. The fourth-order valence-corrected chi connectivity index (χ4v) is 3.79. The highest BCUT2D eigenvalue weighted by atomic mass is 35.5. The highest BCUT2D eigenvalue weighted by molar-refractivity contribution is 6.32. The zero-order chi connectivity index (χ0) is 23.4. The van der Waals surface area contributed by atoms with Crippen LogP contribution in [0.1, 0.15) is 16.1 Å². The molecule has 1 N–H and O–H groups in total. The molecular weight excluding hydrogens is 457 g/mol. The quantitative estimate of drug-likeness (QED) is 0.574. The predicted molar refractivity (Wildman–Crippen MR) is 119 cm³/mol. The van der Waals surface area contributed by atoms with E-state index in [0.29, 0.717) is 36.6 Å². The average Bonchev–Trinajstić information content (AvgIpc) is 3.26. The van der Waals surface area contributed by atoms with Gasteiger partial charge < -0.3 is 10.1 Å². The van der Waals surface area contributed by atoms with Gasteiger partial charge in [-0.05, 0) is 30.3 Å². The van der Waals surface area contributed by atoms with Crippen molar-refractivity contribution in [3.8, 4) is 16.9 Å². The van der Waals surface area contributed by atoms with Crippen molar-refractivity contribution in [1.29, 1.82) is 0 Å². The second-order valence-corrected chi connectivity index (χ2v) is 7.97. The third-order valence-corrected chi connectivity index (χ3v) is 5.66. The smallest absolute Gasteiger partial charge is 0.379 e. The molecule has 0 aliphatic carbocycles. The van der Waals surface area contributed by atoms with Crippen LogP contribution in [0.3, 0.4) is 0 Å². The number of hydrogen-bond donors (Lipinski definition) is 1. The lowest BCUT2D eigenvalue weighted by Crippen LogP contribution is -2.41. The number of benzene rings is 2. The number of amides is 1. The Morgan fingerprint density at radius 2 is 1.79 bits per heavy atom. The first-order valence-corrected chi connectivity index (χ1v) is 10.8. The number of morpholine rings is 1. The standard InChI is InChI=1S/C23H22ClF3N4O2/c24-18-3-1-2-4-19(18)31-20(15-21(29-31)23(25,26)27)16-5-7-17(8-6-16)22(32)28-9-10-30-11-13-33-14-12-30/h1-8,15H,9-14H2,(H,28,32). The van der Waals surface area contributed by atoms with E-state index in [2.05, 4.69) is 15.3 Å².